The summed E-state index contributed by atoms with van der Waals surface area (Å²) < 4.78 is 10.4. The molecule has 0 aromatic heterocycles. The smallest absolute Gasteiger partial charge is 0.305 e. The fourth-order valence-electron chi connectivity index (χ4n) is 3.01. The van der Waals surface area contributed by atoms with Crippen molar-refractivity contribution in [1.29, 1.82) is 0 Å². The van der Waals surface area contributed by atoms with Crippen molar-refractivity contribution < 1.29 is 14.3 Å². The number of hydrogen-bond donors (Lipinski definition) is 1. The predicted molar refractivity (Wildman–Crippen MR) is 77.9 cm³/mol. The molecule has 0 radical (unpaired) electrons. The zero-order valence-electron chi connectivity index (χ0n) is 12.2. The molecule has 2 atom stereocenters. The first-order valence-corrected chi connectivity index (χ1v) is 7.24. The van der Waals surface area contributed by atoms with Crippen LogP contribution in [0.2, 0.25) is 0 Å². The molecular formula is C16H23NO3. The molecule has 1 aromatic rings. The van der Waals surface area contributed by atoms with Crippen LogP contribution < -0.4 is 10.5 Å². The van der Waals surface area contributed by atoms with Crippen molar-refractivity contribution in [3.8, 4) is 5.75 Å². The van der Waals surface area contributed by atoms with Crippen LogP contribution in [0.5, 0.6) is 5.75 Å². The number of benzene rings is 1. The van der Waals surface area contributed by atoms with Crippen molar-refractivity contribution in [2.45, 2.75) is 44.6 Å². The van der Waals surface area contributed by atoms with Gasteiger partial charge in [0.25, 0.3) is 0 Å². The highest BCUT2D eigenvalue weighted by molar-refractivity contribution is 5.69. The van der Waals surface area contributed by atoms with Crippen LogP contribution in [0.4, 0.5) is 0 Å². The van der Waals surface area contributed by atoms with E-state index in [1.54, 1.807) is 0 Å². The highest BCUT2D eigenvalue weighted by atomic mass is 16.5. The molecule has 4 nitrogen and oxygen atoms in total. The first-order valence-electron chi connectivity index (χ1n) is 7.24. The maximum atomic E-state index is 11.2. The van der Waals surface area contributed by atoms with Gasteiger partial charge in [0.2, 0.25) is 0 Å². The Hall–Kier alpha value is -1.55. The summed E-state index contributed by atoms with van der Waals surface area (Å²) in [6.45, 7) is 2.64. The third-order valence-electron chi connectivity index (χ3n) is 3.92. The van der Waals surface area contributed by atoms with Crippen LogP contribution in [0, 0.1) is 0 Å². The van der Waals surface area contributed by atoms with E-state index in [0.717, 1.165) is 25.0 Å². The average Bonchev–Trinajstić information content (AvgIpc) is 2.76. The lowest BCUT2D eigenvalue weighted by atomic mass is 9.92. The molecule has 1 aliphatic rings. The van der Waals surface area contributed by atoms with Gasteiger partial charge < -0.3 is 15.2 Å². The van der Waals surface area contributed by atoms with Gasteiger partial charge in [0.15, 0.2) is 0 Å². The van der Waals surface area contributed by atoms with E-state index in [4.69, 9.17) is 10.5 Å². The van der Waals surface area contributed by atoms with Crippen LogP contribution in [0.1, 0.15) is 43.2 Å². The van der Waals surface area contributed by atoms with E-state index in [1.807, 2.05) is 19.1 Å². The standard InChI is InChI=1S/C16H23NO3/c1-3-20-14-8-4-6-11-10-13(17)12(16(11)14)7-5-9-15(18)19-2/h4,6,8,12-13H,3,5,7,9-10,17H2,1-2H3. The molecule has 2 rings (SSSR count). The van der Waals surface area contributed by atoms with Crippen LogP contribution in [0.15, 0.2) is 18.2 Å². The van der Waals surface area contributed by atoms with Crippen molar-refractivity contribution in [3.05, 3.63) is 29.3 Å². The Morgan fingerprint density at radius 1 is 1.45 bits per heavy atom. The van der Waals surface area contributed by atoms with Gasteiger partial charge in [-0.05, 0) is 37.8 Å². The average molecular weight is 277 g/mol. The number of carbonyl (C=O) groups excluding carboxylic acids is 1. The third-order valence-corrected chi connectivity index (χ3v) is 3.92. The molecule has 0 amide bonds. The highest BCUT2D eigenvalue weighted by Crippen LogP contribution is 2.41. The molecule has 0 heterocycles. The first kappa shape index (κ1) is 14.9. The normalized spacial score (nSPS) is 20.6. The summed E-state index contributed by atoms with van der Waals surface area (Å²) in [5, 5.41) is 0. The molecular weight excluding hydrogens is 254 g/mol. The quantitative estimate of drug-likeness (QED) is 0.811. The van der Waals surface area contributed by atoms with E-state index < -0.39 is 0 Å². The van der Waals surface area contributed by atoms with Crippen LogP contribution in [0.25, 0.3) is 0 Å². The van der Waals surface area contributed by atoms with Crippen LogP contribution in [0.3, 0.4) is 0 Å². The van der Waals surface area contributed by atoms with E-state index in [9.17, 15) is 4.79 Å². The van der Waals surface area contributed by atoms with Gasteiger partial charge >= 0.3 is 5.97 Å². The van der Waals surface area contributed by atoms with Gasteiger partial charge in [-0.2, -0.15) is 0 Å². The van der Waals surface area contributed by atoms with E-state index in [2.05, 4.69) is 10.8 Å². The van der Waals surface area contributed by atoms with Gasteiger partial charge in [-0.1, -0.05) is 12.1 Å². The largest absolute Gasteiger partial charge is 0.494 e. The Morgan fingerprint density at radius 3 is 2.95 bits per heavy atom. The summed E-state index contributed by atoms with van der Waals surface area (Å²) in [4.78, 5) is 11.2. The van der Waals surface area contributed by atoms with Gasteiger partial charge in [0, 0.05) is 23.9 Å². The molecule has 0 saturated carbocycles. The van der Waals surface area contributed by atoms with Crippen molar-refractivity contribution in [2.24, 2.45) is 5.73 Å². The zero-order valence-corrected chi connectivity index (χ0v) is 12.2. The number of methoxy groups -OCH3 is 1. The second-order valence-electron chi connectivity index (χ2n) is 5.20. The molecule has 2 unspecified atom stereocenters. The lowest BCUT2D eigenvalue weighted by Crippen LogP contribution is -2.25. The molecule has 0 fully saturated rings. The number of esters is 1. The maximum absolute atomic E-state index is 11.2. The van der Waals surface area contributed by atoms with Gasteiger partial charge in [-0.25, -0.2) is 0 Å². The lowest BCUT2D eigenvalue weighted by molar-refractivity contribution is -0.140. The zero-order chi connectivity index (χ0) is 14.5. The number of fused-ring (bicyclic) bond motifs is 1. The van der Waals surface area contributed by atoms with Gasteiger partial charge in [0.05, 0.1) is 13.7 Å². The second-order valence-corrected chi connectivity index (χ2v) is 5.20. The number of carbonyl (C=O) groups is 1. The molecule has 4 heteroatoms. The molecule has 0 spiro atoms. The van der Waals surface area contributed by atoms with Gasteiger partial charge in [-0.3, -0.25) is 4.79 Å². The van der Waals surface area contributed by atoms with E-state index >= 15 is 0 Å². The molecule has 2 N–H and O–H groups in total. The molecule has 0 bridgehead atoms. The molecule has 0 aliphatic heterocycles. The number of rotatable bonds is 6. The summed E-state index contributed by atoms with van der Waals surface area (Å²) in [5.74, 6) is 1.06. The van der Waals surface area contributed by atoms with E-state index in [0.29, 0.717) is 13.0 Å². The van der Waals surface area contributed by atoms with Gasteiger partial charge in [-0.15, -0.1) is 0 Å². The van der Waals surface area contributed by atoms with Crippen LogP contribution >= 0.6 is 0 Å². The van der Waals surface area contributed by atoms with Crippen LogP contribution in [-0.2, 0) is 16.0 Å². The third kappa shape index (κ3) is 3.12. The lowest BCUT2D eigenvalue weighted by Gasteiger charge is -2.19. The Kier molecular flexibility index (Phi) is 5.01. The first-order chi connectivity index (χ1) is 9.67. The summed E-state index contributed by atoms with van der Waals surface area (Å²) in [6.07, 6.45) is 3.03. The Balaban J connectivity index is 2.10. The molecule has 20 heavy (non-hydrogen) atoms. The fraction of sp³-hybridized carbons (Fsp3) is 0.562. The molecule has 0 saturated heterocycles. The summed E-state index contributed by atoms with van der Waals surface area (Å²) in [7, 11) is 1.42. The van der Waals surface area contributed by atoms with Crippen LogP contribution in [-0.4, -0.2) is 25.7 Å². The Morgan fingerprint density at radius 2 is 2.25 bits per heavy atom. The maximum Gasteiger partial charge on any atom is 0.305 e. The van der Waals surface area contributed by atoms with Crippen molar-refractivity contribution in [2.75, 3.05) is 13.7 Å². The van der Waals surface area contributed by atoms with E-state index in [1.165, 1.54) is 18.2 Å². The molecule has 1 aromatic carbocycles. The monoisotopic (exact) mass is 277 g/mol. The molecule has 1 aliphatic carbocycles. The SMILES string of the molecule is CCOc1cccc2c1C(CCCC(=O)OC)C(N)C2. The highest BCUT2D eigenvalue weighted by Gasteiger charge is 2.32. The minimum atomic E-state index is -0.158. The topological polar surface area (TPSA) is 61.5 Å². The Bertz CT molecular complexity index is 473. The van der Waals surface area contributed by atoms with Crippen molar-refractivity contribution >= 4 is 5.97 Å². The van der Waals surface area contributed by atoms with Crippen molar-refractivity contribution in [3.63, 3.8) is 0 Å². The summed E-state index contributed by atoms with van der Waals surface area (Å²) in [5.41, 5.74) is 8.80. The summed E-state index contributed by atoms with van der Waals surface area (Å²) >= 11 is 0. The van der Waals surface area contributed by atoms with Crippen molar-refractivity contribution in [1.82, 2.24) is 0 Å². The number of ether oxygens (including phenoxy) is 2. The molecule has 110 valence electrons. The number of hydrogen-bond acceptors (Lipinski definition) is 4. The number of nitrogens with two attached hydrogens (primary N) is 1. The second kappa shape index (κ2) is 6.75. The Labute approximate surface area is 120 Å². The van der Waals surface area contributed by atoms with E-state index in [-0.39, 0.29) is 17.9 Å². The minimum Gasteiger partial charge on any atom is -0.494 e. The fourth-order valence-corrected chi connectivity index (χ4v) is 3.01. The van der Waals surface area contributed by atoms with Gasteiger partial charge in [0.1, 0.15) is 5.75 Å². The minimum absolute atomic E-state index is 0.115. The summed E-state index contributed by atoms with van der Waals surface area (Å²) in [6, 6.07) is 6.27. The predicted octanol–water partition coefficient (Wildman–Crippen LogP) is 2.40.